The fraction of sp³-hybridized carbons (Fsp3) is 0.308. The van der Waals surface area contributed by atoms with Crippen LogP contribution in [-0.4, -0.2) is 34.5 Å². The summed E-state index contributed by atoms with van der Waals surface area (Å²) in [7, 11) is 0. The van der Waals surface area contributed by atoms with Gasteiger partial charge in [-0.15, -0.1) is 11.8 Å². The predicted octanol–water partition coefficient (Wildman–Crippen LogP) is 1.75. The number of carbonyl (C=O) groups excluding carboxylic acids is 1. The second-order valence-electron chi connectivity index (χ2n) is 3.77. The summed E-state index contributed by atoms with van der Waals surface area (Å²) in [4.78, 5) is 24.0. The molecule has 5 nitrogen and oxygen atoms in total. The van der Waals surface area contributed by atoms with Crippen molar-refractivity contribution in [1.82, 2.24) is 0 Å². The smallest absolute Gasteiger partial charge is 0.316 e. The maximum atomic E-state index is 12.0. The van der Waals surface area contributed by atoms with Crippen LogP contribution >= 0.6 is 11.8 Å². The third-order valence-electron chi connectivity index (χ3n) is 2.40. The number of hydrogen-bond acceptors (Lipinski definition) is 4. The molecule has 0 aliphatic carbocycles. The quantitative estimate of drug-likeness (QED) is 0.802. The Morgan fingerprint density at radius 3 is 2.58 bits per heavy atom. The SMILES string of the molecule is CC(SCC(=O)N(CC#N)c1ccccc1)C(=O)O. The van der Waals surface area contributed by atoms with Crippen molar-refractivity contribution in [2.45, 2.75) is 12.2 Å². The molecule has 0 aromatic heterocycles. The minimum Gasteiger partial charge on any atom is -0.480 e. The average molecular weight is 278 g/mol. The minimum atomic E-state index is -0.954. The van der Waals surface area contributed by atoms with Gasteiger partial charge in [-0.1, -0.05) is 18.2 Å². The van der Waals surface area contributed by atoms with Crippen LogP contribution in [0.15, 0.2) is 30.3 Å². The molecule has 1 unspecified atom stereocenters. The van der Waals surface area contributed by atoms with Crippen molar-refractivity contribution in [3.05, 3.63) is 30.3 Å². The van der Waals surface area contributed by atoms with Crippen molar-refractivity contribution < 1.29 is 14.7 Å². The van der Waals surface area contributed by atoms with Crippen LogP contribution in [0.25, 0.3) is 0 Å². The zero-order valence-corrected chi connectivity index (χ0v) is 11.3. The van der Waals surface area contributed by atoms with Crippen molar-refractivity contribution >= 4 is 29.3 Å². The van der Waals surface area contributed by atoms with E-state index in [1.807, 2.05) is 12.1 Å². The first-order valence-electron chi connectivity index (χ1n) is 5.63. The second-order valence-corrected chi connectivity index (χ2v) is 5.09. The molecule has 0 spiro atoms. The number of carboxylic acids is 1. The van der Waals surface area contributed by atoms with Gasteiger partial charge in [-0.05, 0) is 19.1 Å². The highest BCUT2D eigenvalue weighted by molar-refractivity contribution is 8.01. The van der Waals surface area contributed by atoms with Gasteiger partial charge in [-0.2, -0.15) is 5.26 Å². The number of nitriles is 1. The van der Waals surface area contributed by atoms with E-state index in [0.717, 1.165) is 11.8 Å². The molecule has 0 aliphatic heterocycles. The lowest BCUT2D eigenvalue weighted by atomic mass is 10.3. The molecule has 0 fully saturated rings. The van der Waals surface area contributed by atoms with Crippen molar-refractivity contribution in [3.8, 4) is 6.07 Å². The Kier molecular flexibility index (Phi) is 5.90. The Hall–Kier alpha value is -2.00. The summed E-state index contributed by atoms with van der Waals surface area (Å²) in [6.45, 7) is 1.47. The van der Waals surface area contributed by atoms with E-state index in [2.05, 4.69) is 0 Å². The van der Waals surface area contributed by atoms with E-state index in [-0.39, 0.29) is 18.2 Å². The highest BCUT2D eigenvalue weighted by Crippen LogP contribution is 2.17. The van der Waals surface area contributed by atoms with Crippen LogP contribution in [-0.2, 0) is 9.59 Å². The Morgan fingerprint density at radius 2 is 2.05 bits per heavy atom. The first-order valence-corrected chi connectivity index (χ1v) is 6.68. The molecule has 6 heteroatoms. The first kappa shape index (κ1) is 15.1. The molecule has 1 amide bonds. The van der Waals surface area contributed by atoms with Crippen LogP contribution in [0.4, 0.5) is 5.69 Å². The normalized spacial score (nSPS) is 11.4. The number of anilines is 1. The Bertz CT molecular complexity index is 484. The summed E-state index contributed by atoms with van der Waals surface area (Å²) >= 11 is 1.04. The summed E-state index contributed by atoms with van der Waals surface area (Å²) in [6, 6.07) is 10.8. The average Bonchev–Trinajstić information content (AvgIpc) is 2.42. The van der Waals surface area contributed by atoms with Gasteiger partial charge in [0, 0.05) is 5.69 Å². The largest absolute Gasteiger partial charge is 0.480 e. The molecule has 0 heterocycles. The summed E-state index contributed by atoms with van der Waals surface area (Å²) in [5.41, 5.74) is 0.637. The van der Waals surface area contributed by atoms with Crippen LogP contribution < -0.4 is 4.90 Å². The minimum absolute atomic E-state index is 0.0318. The van der Waals surface area contributed by atoms with E-state index in [1.54, 1.807) is 24.3 Å². The fourth-order valence-corrected chi connectivity index (χ4v) is 2.04. The zero-order valence-electron chi connectivity index (χ0n) is 10.4. The van der Waals surface area contributed by atoms with Gasteiger partial charge in [0.2, 0.25) is 5.91 Å². The molecule has 0 radical (unpaired) electrons. The molecule has 0 aliphatic rings. The predicted molar refractivity (Wildman–Crippen MR) is 74.0 cm³/mol. The molecule has 1 atom stereocenters. The lowest BCUT2D eigenvalue weighted by Gasteiger charge is -2.19. The van der Waals surface area contributed by atoms with E-state index >= 15 is 0 Å². The Balaban J connectivity index is 2.70. The van der Waals surface area contributed by atoms with E-state index in [4.69, 9.17) is 10.4 Å². The number of nitrogens with zero attached hydrogens (tertiary/aromatic N) is 2. The molecule has 0 bridgehead atoms. The number of hydrogen-bond donors (Lipinski definition) is 1. The monoisotopic (exact) mass is 278 g/mol. The molecule has 100 valence electrons. The highest BCUT2D eigenvalue weighted by atomic mass is 32.2. The van der Waals surface area contributed by atoms with Gasteiger partial charge in [-0.25, -0.2) is 0 Å². The van der Waals surface area contributed by atoms with Crippen molar-refractivity contribution in [3.63, 3.8) is 0 Å². The van der Waals surface area contributed by atoms with Crippen LogP contribution in [0.1, 0.15) is 6.92 Å². The van der Waals surface area contributed by atoms with E-state index in [9.17, 15) is 9.59 Å². The van der Waals surface area contributed by atoms with Gasteiger partial charge >= 0.3 is 5.97 Å². The van der Waals surface area contributed by atoms with Crippen LogP contribution in [0.5, 0.6) is 0 Å². The molecule has 1 aromatic carbocycles. The number of aliphatic carboxylic acids is 1. The fourth-order valence-electron chi connectivity index (χ4n) is 1.35. The lowest BCUT2D eigenvalue weighted by Crippen LogP contribution is -2.33. The second kappa shape index (κ2) is 7.44. The number of carbonyl (C=O) groups is 2. The summed E-state index contributed by atoms with van der Waals surface area (Å²) in [6.07, 6.45) is 0. The van der Waals surface area contributed by atoms with E-state index in [1.165, 1.54) is 11.8 Å². The molecule has 1 aromatic rings. The first-order chi connectivity index (χ1) is 9.06. The van der Waals surface area contributed by atoms with Crippen molar-refractivity contribution in [1.29, 1.82) is 5.26 Å². The van der Waals surface area contributed by atoms with Gasteiger partial charge in [-0.3, -0.25) is 14.5 Å². The molecule has 1 rings (SSSR count). The molecule has 19 heavy (non-hydrogen) atoms. The maximum Gasteiger partial charge on any atom is 0.316 e. The van der Waals surface area contributed by atoms with Crippen molar-refractivity contribution in [2.24, 2.45) is 0 Å². The summed E-state index contributed by atoms with van der Waals surface area (Å²) in [5, 5.41) is 16.9. The molecular formula is C13H14N2O3S. The number of para-hydroxylation sites is 1. The number of thioether (sulfide) groups is 1. The third kappa shape index (κ3) is 4.64. The van der Waals surface area contributed by atoms with Gasteiger partial charge in [0.25, 0.3) is 0 Å². The van der Waals surface area contributed by atoms with Crippen LogP contribution in [0, 0.1) is 11.3 Å². The molecule has 0 saturated carbocycles. The maximum absolute atomic E-state index is 12.0. The van der Waals surface area contributed by atoms with E-state index in [0.29, 0.717) is 5.69 Å². The Morgan fingerprint density at radius 1 is 1.42 bits per heavy atom. The summed E-state index contributed by atoms with van der Waals surface area (Å²) in [5.74, 6) is -1.19. The highest BCUT2D eigenvalue weighted by Gasteiger charge is 2.18. The zero-order chi connectivity index (χ0) is 14.3. The van der Waals surface area contributed by atoms with Gasteiger partial charge in [0.15, 0.2) is 0 Å². The van der Waals surface area contributed by atoms with Crippen LogP contribution in [0.3, 0.4) is 0 Å². The molecule has 0 saturated heterocycles. The Labute approximate surface area is 115 Å². The molecular weight excluding hydrogens is 264 g/mol. The third-order valence-corrected chi connectivity index (χ3v) is 3.52. The standard InChI is InChI=1S/C13H14N2O3S/c1-10(13(17)18)19-9-12(16)15(8-7-14)11-5-3-2-4-6-11/h2-6,10H,8-9H2,1H3,(H,17,18). The van der Waals surface area contributed by atoms with E-state index < -0.39 is 11.2 Å². The van der Waals surface area contributed by atoms with Crippen LogP contribution in [0.2, 0.25) is 0 Å². The van der Waals surface area contributed by atoms with Gasteiger partial charge in [0.1, 0.15) is 6.54 Å². The number of benzene rings is 1. The topological polar surface area (TPSA) is 81.4 Å². The lowest BCUT2D eigenvalue weighted by molar-refractivity contribution is -0.136. The summed E-state index contributed by atoms with van der Waals surface area (Å²) < 4.78 is 0. The number of amides is 1. The van der Waals surface area contributed by atoms with Crippen molar-refractivity contribution in [2.75, 3.05) is 17.2 Å². The molecule has 1 N–H and O–H groups in total. The van der Waals surface area contributed by atoms with Gasteiger partial charge < -0.3 is 5.11 Å². The number of rotatable bonds is 6. The van der Waals surface area contributed by atoms with Gasteiger partial charge in [0.05, 0.1) is 17.1 Å². The number of carboxylic acid groups (broad SMARTS) is 1.